The third-order valence-electron chi connectivity index (χ3n) is 6.09. The zero-order chi connectivity index (χ0) is 24.2. The van der Waals surface area contributed by atoms with Crippen LogP contribution in [0.1, 0.15) is 83.0 Å². The van der Waals surface area contributed by atoms with Gasteiger partial charge in [-0.15, -0.1) is 0 Å². The highest BCUT2D eigenvalue weighted by molar-refractivity contribution is 5.85. The minimum atomic E-state index is 0.0151. The molecule has 0 saturated carbocycles. The van der Waals surface area contributed by atoms with Crippen LogP contribution in [0, 0.1) is 6.92 Å². The van der Waals surface area contributed by atoms with E-state index in [0.717, 1.165) is 44.3 Å². The van der Waals surface area contributed by atoms with Crippen molar-refractivity contribution in [1.82, 2.24) is 14.4 Å². The van der Waals surface area contributed by atoms with Crippen molar-refractivity contribution in [2.75, 3.05) is 13.1 Å². The number of unbranched alkanes of at least 4 members (excludes halogenated alkanes) is 3. The number of aryl methyl sites for hydroxylation is 1. The van der Waals surface area contributed by atoms with E-state index < -0.39 is 0 Å². The Balaban J connectivity index is 2.11. The van der Waals surface area contributed by atoms with Gasteiger partial charge in [0, 0.05) is 37.4 Å². The summed E-state index contributed by atoms with van der Waals surface area (Å²) >= 11 is 0. The molecule has 5 nitrogen and oxygen atoms in total. The van der Waals surface area contributed by atoms with Crippen molar-refractivity contribution in [3.05, 3.63) is 59.4 Å². The number of carbonyl (C=O) groups is 2. The van der Waals surface area contributed by atoms with Gasteiger partial charge in [-0.1, -0.05) is 62.9 Å². The van der Waals surface area contributed by atoms with Gasteiger partial charge >= 0.3 is 0 Å². The predicted molar refractivity (Wildman–Crippen MR) is 136 cm³/mol. The lowest BCUT2D eigenvalue weighted by molar-refractivity contribution is -0.142. The molecule has 0 fully saturated rings. The fourth-order valence-corrected chi connectivity index (χ4v) is 4.07. The van der Waals surface area contributed by atoms with Crippen LogP contribution in [0.4, 0.5) is 0 Å². The maximum Gasteiger partial charge on any atom is 0.242 e. The van der Waals surface area contributed by atoms with Crippen LogP contribution < -0.4 is 0 Å². The maximum atomic E-state index is 13.4. The molecule has 33 heavy (non-hydrogen) atoms. The average molecular weight is 454 g/mol. The van der Waals surface area contributed by atoms with Gasteiger partial charge in [0.25, 0.3) is 0 Å². The van der Waals surface area contributed by atoms with Crippen LogP contribution in [0.5, 0.6) is 0 Å². The molecule has 0 spiro atoms. The number of amides is 2. The molecular formula is C28H43N3O2. The summed E-state index contributed by atoms with van der Waals surface area (Å²) in [5.74, 6) is 0.120. The van der Waals surface area contributed by atoms with Crippen molar-refractivity contribution < 1.29 is 9.59 Å². The van der Waals surface area contributed by atoms with Crippen LogP contribution in [-0.4, -0.2) is 45.3 Å². The van der Waals surface area contributed by atoms with Gasteiger partial charge in [0.15, 0.2) is 0 Å². The van der Waals surface area contributed by atoms with E-state index in [-0.39, 0.29) is 24.4 Å². The van der Waals surface area contributed by atoms with E-state index in [1.807, 2.05) is 24.8 Å². The highest BCUT2D eigenvalue weighted by atomic mass is 16.2. The number of hydrogen-bond acceptors (Lipinski definition) is 2. The molecule has 0 aliphatic rings. The number of benzene rings is 1. The molecule has 0 saturated heterocycles. The van der Waals surface area contributed by atoms with E-state index in [9.17, 15) is 9.59 Å². The van der Waals surface area contributed by atoms with E-state index in [1.165, 1.54) is 11.1 Å². The van der Waals surface area contributed by atoms with Gasteiger partial charge in [-0.3, -0.25) is 9.59 Å². The molecule has 1 heterocycles. The first kappa shape index (κ1) is 26.7. The fraction of sp³-hybridized carbons (Fsp3) is 0.571. The van der Waals surface area contributed by atoms with Gasteiger partial charge < -0.3 is 14.4 Å². The van der Waals surface area contributed by atoms with Gasteiger partial charge in [-0.25, -0.2) is 0 Å². The van der Waals surface area contributed by atoms with Crippen LogP contribution >= 0.6 is 0 Å². The summed E-state index contributed by atoms with van der Waals surface area (Å²) in [5.41, 5.74) is 3.62. The summed E-state index contributed by atoms with van der Waals surface area (Å²) in [5, 5.41) is 0. The molecule has 0 atom stereocenters. The van der Waals surface area contributed by atoms with Crippen LogP contribution in [0.2, 0.25) is 0 Å². The van der Waals surface area contributed by atoms with Crippen LogP contribution in [0.25, 0.3) is 0 Å². The summed E-state index contributed by atoms with van der Waals surface area (Å²) in [6.45, 7) is 12.6. The third-order valence-corrected chi connectivity index (χ3v) is 6.09. The summed E-state index contributed by atoms with van der Waals surface area (Å²) < 4.78 is 2.22. The van der Waals surface area contributed by atoms with Crippen LogP contribution in [0.3, 0.4) is 0 Å². The predicted octanol–water partition coefficient (Wildman–Crippen LogP) is 5.79. The lowest BCUT2D eigenvalue weighted by Crippen LogP contribution is -2.46. The largest absolute Gasteiger partial charge is 0.345 e. The van der Waals surface area contributed by atoms with Crippen molar-refractivity contribution >= 4 is 11.8 Å². The molecule has 2 amide bonds. The van der Waals surface area contributed by atoms with Crippen molar-refractivity contribution in [2.45, 2.75) is 92.3 Å². The van der Waals surface area contributed by atoms with E-state index in [4.69, 9.17) is 0 Å². The zero-order valence-corrected chi connectivity index (χ0v) is 21.3. The smallest absolute Gasteiger partial charge is 0.242 e. The lowest BCUT2D eigenvalue weighted by Gasteiger charge is -2.30. The molecule has 182 valence electrons. The summed E-state index contributed by atoms with van der Waals surface area (Å²) in [6.07, 6.45) is 7.60. The van der Waals surface area contributed by atoms with Gasteiger partial charge in [0.1, 0.15) is 0 Å². The molecule has 0 aliphatic heterocycles. The van der Waals surface area contributed by atoms with Crippen LogP contribution in [-0.2, 0) is 22.7 Å². The first-order chi connectivity index (χ1) is 15.8. The van der Waals surface area contributed by atoms with E-state index in [2.05, 4.69) is 61.9 Å². The van der Waals surface area contributed by atoms with Crippen molar-refractivity contribution in [3.8, 4) is 0 Å². The summed E-state index contributed by atoms with van der Waals surface area (Å²) in [4.78, 5) is 29.8. The average Bonchev–Trinajstić information content (AvgIpc) is 3.21. The molecule has 1 aromatic heterocycles. The second kappa shape index (κ2) is 13.9. The Morgan fingerprint density at radius 3 is 2.39 bits per heavy atom. The summed E-state index contributed by atoms with van der Waals surface area (Å²) in [6, 6.07) is 12.7. The number of aromatic nitrogens is 1. The third kappa shape index (κ3) is 8.71. The first-order valence-corrected chi connectivity index (χ1v) is 12.6. The number of nitrogens with zero attached hydrogens (tertiary/aromatic N) is 3. The Morgan fingerprint density at radius 1 is 0.970 bits per heavy atom. The Hall–Kier alpha value is -2.56. The van der Waals surface area contributed by atoms with E-state index >= 15 is 0 Å². The first-order valence-electron chi connectivity index (χ1n) is 12.6. The second-order valence-corrected chi connectivity index (χ2v) is 9.36. The van der Waals surface area contributed by atoms with Crippen LogP contribution in [0.15, 0.2) is 42.6 Å². The molecule has 0 radical (unpaired) electrons. The number of hydrogen-bond donors (Lipinski definition) is 0. The molecule has 0 unspecified atom stereocenters. The second-order valence-electron chi connectivity index (χ2n) is 9.36. The molecule has 5 heteroatoms. The quantitative estimate of drug-likeness (QED) is 0.340. The molecule has 0 aliphatic carbocycles. The monoisotopic (exact) mass is 453 g/mol. The minimum Gasteiger partial charge on any atom is -0.345 e. The highest BCUT2D eigenvalue weighted by Crippen LogP contribution is 2.14. The molecule has 0 bridgehead atoms. The lowest BCUT2D eigenvalue weighted by atomic mass is 10.1. The Bertz CT molecular complexity index is 872. The molecule has 2 aromatic rings. The SMILES string of the molecule is CCCCCC(=O)N(CC(=O)N(CCCC)Cc1cccn1Cc1cccc(C)c1)C(C)C. The van der Waals surface area contributed by atoms with E-state index in [1.54, 1.807) is 4.90 Å². The number of rotatable bonds is 14. The standard InChI is InChI=1S/C28H43N3O2/c1-6-8-10-16-27(32)31(23(3)4)22-28(33)30(17-9-7-2)21-26-15-12-18-29(26)20-25-14-11-13-24(5)19-25/h11-15,18-19,23H,6-10,16-17,20-22H2,1-5H3. The molecule has 0 N–H and O–H groups in total. The van der Waals surface area contributed by atoms with Gasteiger partial charge in [-0.05, 0) is 51.3 Å². The van der Waals surface area contributed by atoms with E-state index in [0.29, 0.717) is 19.5 Å². The van der Waals surface area contributed by atoms with Crippen molar-refractivity contribution in [3.63, 3.8) is 0 Å². The minimum absolute atomic E-state index is 0.0151. The molecular weight excluding hydrogens is 410 g/mol. The summed E-state index contributed by atoms with van der Waals surface area (Å²) in [7, 11) is 0. The van der Waals surface area contributed by atoms with Gasteiger partial charge in [-0.2, -0.15) is 0 Å². The Morgan fingerprint density at radius 2 is 1.73 bits per heavy atom. The van der Waals surface area contributed by atoms with Gasteiger partial charge in [0.2, 0.25) is 11.8 Å². The van der Waals surface area contributed by atoms with Crippen molar-refractivity contribution in [2.24, 2.45) is 0 Å². The Labute approximate surface area is 200 Å². The molecule has 1 aromatic carbocycles. The maximum absolute atomic E-state index is 13.4. The van der Waals surface area contributed by atoms with Crippen molar-refractivity contribution in [1.29, 1.82) is 0 Å². The topological polar surface area (TPSA) is 45.6 Å². The Kier molecular flexibility index (Phi) is 11.2. The normalized spacial score (nSPS) is 11.1. The highest BCUT2D eigenvalue weighted by Gasteiger charge is 2.23. The zero-order valence-electron chi connectivity index (χ0n) is 21.3. The number of carbonyl (C=O) groups excluding carboxylic acids is 2. The fourth-order valence-electron chi connectivity index (χ4n) is 4.07. The molecule has 2 rings (SSSR count). The van der Waals surface area contributed by atoms with Gasteiger partial charge in [0.05, 0.1) is 13.1 Å².